The summed E-state index contributed by atoms with van der Waals surface area (Å²) in [4.78, 5) is 18.5. The first kappa shape index (κ1) is 13.9. The number of carbonyl (C=O) groups is 1. The lowest BCUT2D eigenvalue weighted by Crippen LogP contribution is -2.72. The highest BCUT2D eigenvalue weighted by molar-refractivity contribution is 6.01. The molecule has 5 bridgehead atoms. The van der Waals surface area contributed by atoms with Crippen molar-refractivity contribution in [3.63, 3.8) is 0 Å². The molecule has 1 N–H and O–H groups in total. The quantitative estimate of drug-likeness (QED) is 0.855. The van der Waals surface area contributed by atoms with Crippen LogP contribution >= 0.6 is 0 Å². The Balaban J connectivity index is 1.61. The van der Waals surface area contributed by atoms with Gasteiger partial charge in [0.25, 0.3) is 0 Å². The minimum absolute atomic E-state index is 0.138. The Labute approximate surface area is 142 Å². The molecule has 9 atom stereocenters. The molecule has 0 radical (unpaired) electrons. The Kier molecular flexibility index (Phi) is 2.34. The molecular formula is C20H24N2O2. The van der Waals surface area contributed by atoms with Crippen LogP contribution < -0.4 is 4.90 Å². The number of anilines is 1. The fourth-order valence-corrected chi connectivity index (χ4v) is 7.57. The zero-order valence-corrected chi connectivity index (χ0v) is 14.2. The molecule has 4 heteroatoms. The number of fused-ring (bicyclic) bond motifs is 2. The number of aliphatic hydroxyl groups is 1. The second kappa shape index (κ2) is 4.05. The molecule has 24 heavy (non-hydrogen) atoms. The number of aliphatic hydroxyl groups excluding tert-OH is 1. The van der Waals surface area contributed by atoms with E-state index < -0.39 is 0 Å². The van der Waals surface area contributed by atoms with Crippen molar-refractivity contribution in [2.75, 3.05) is 11.9 Å². The van der Waals surface area contributed by atoms with Crippen LogP contribution in [-0.4, -0.2) is 47.2 Å². The summed E-state index contributed by atoms with van der Waals surface area (Å²) in [6.07, 6.45) is 2.59. The summed E-state index contributed by atoms with van der Waals surface area (Å²) in [7, 11) is 2.15. The van der Waals surface area contributed by atoms with Gasteiger partial charge in [0.1, 0.15) is 6.23 Å². The van der Waals surface area contributed by atoms with Gasteiger partial charge in [-0.15, -0.1) is 0 Å². The van der Waals surface area contributed by atoms with E-state index in [9.17, 15) is 9.90 Å². The maximum Gasteiger partial charge on any atom is 0.150 e. The minimum Gasteiger partial charge on any atom is -0.378 e. The smallest absolute Gasteiger partial charge is 0.150 e. The fraction of sp³-hybridized carbons (Fsp3) is 0.650. The SMILES string of the molecule is CC[C@H]1C2C[C@H]3[C@@H]4N(C)c5ccccc5[C@]45C[C@@H](C2C5=O)N3[C@@H]1O. The number of hydrogen-bond donors (Lipinski definition) is 1. The van der Waals surface area contributed by atoms with Gasteiger partial charge in [-0.2, -0.15) is 0 Å². The fourth-order valence-electron chi connectivity index (χ4n) is 7.57. The van der Waals surface area contributed by atoms with Gasteiger partial charge in [0, 0.05) is 36.7 Å². The van der Waals surface area contributed by atoms with Crippen molar-refractivity contribution in [1.29, 1.82) is 0 Å². The van der Waals surface area contributed by atoms with Crippen LogP contribution in [0.5, 0.6) is 0 Å². The van der Waals surface area contributed by atoms with Gasteiger partial charge in [0.05, 0.1) is 11.5 Å². The van der Waals surface area contributed by atoms with E-state index in [0.29, 0.717) is 17.7 Å². The molecule has 1 spiro atoms. The Morgan fingerprint density at radius 2 is 2.08 bits per heavy atom. The van der Waals surface area contributed by atoms with E-state index >= 15 is 0 Å². The first-order valence-electron chi connectivity index (χ1n) is 9.43. The van der Waals surface area contributed by atoms with Crippen molar-refractivity contribution in [1.82, 2.24) is 4.90 Å². The van der Waals surface area contributed by atoms with Crippen LogP contribution in [0, 0.1) is 17.8 Å². The summed E-state index contributed by atoms with van der Waals surface area (Å²) in [5, 5.41) is 11.0. The Hall–Kier alpha value is -1.39. The van der Waals surface area contributed by atoms with Crippen molar-refractivity contribution in [3.05, 3.63) is 29.8 Å². The first-order valence-corrected chi connectivity index (χ1v) is 9.43. The lowest BCUT2D eigenvalue weighted by atomic mass is 9.62. The number of piperidine rings is 4. The van der Waals surface area contributed by atoms with Gasteiger partial charge in [0.2, 0.25) is 0 Å². The van der Waals surface area contributed by atoms with Crippen LogP contribution in [0.25, 0.3) is 0 Å². The second-order valence-electron chi connectivity index (χ2n) is 8.61. The molecule has 5 aliphatic heterocycles. The molecule has 1 aromatic rings. The second-order valence-corrected chi connectivity index (χ2v) is 8.61. The third-order valence-electron chi connectivity index (χ3n) is 8.19. The van der Waals surface area contributed by atoms with E-state index in [1.807, 2.05) is 0 Å². The molecule has 4 nitrogen and oxygen atoms in total. The number of para-hydroxylation sites is 1. The lowest BCUT2D eigenvalue weighted by molar-refractivity contribution is -0.207. The third kappa shape index (κ3) is 1.16. The molecule has 7 rings (SSSR count). The predicted molar refractivity (Wildman–Crippen MR) is 90.7 cm³/mol. The van der Waals surface area contributed by atoms with E-state index in [2.05, 4.69) is 48.0 Å². The molecule has 6 aliphatic rings. The number of carbonyl (C=O) groups excluding carboxylic acids is 1. The number of rotatable bonds is 1. The number of Topliss-reactive ketones (excluding diaryl/α,β-unsaturated/α-hetero) is 1. The average molecular weight is 324 g/mol. The van der Waals surface area contributed by atoms with Gasteiger partial charge < -0.3 is 10.0 Å². The van der Waals surface area contributed by atoms with Gasteiger partial charge in [-0.05, 0) is 36.8 Å². The number of likely N-dealkylation sites (N-methyl/N-ethyl adjacent to an activating group) is 1. The maximum atomic E-state index is 13.8. The van der Waals surface area contributed by atoms with E-state index in [-0.39, 0.29) is 35.6 Å². The molecule has 1 saturated carbocycles. The highest BCUT2D eigenvalue weighted by Crippen LogP contribution is 2.67. The maximum absolute atomic E-state index is 13.8. The lowest BCUT2D eigenvalue weighted by Gasteiger charge is -2.62. The molecule has 4 saturated heterocycles. The first-order chi connectivity index (χ1) is 11.6. The summed E-state index contributed by atoms with van der Waals surface area (Å²) in [6, 6.07) is 9.27. The highest BCUT2D eigenvalue weighted by atomic mass is 16.3. The largest absolute Gasteiger partial charge is 0.378 e. The molecule has 5 heterocycles. The zero-order valence-electron chi connectivity index (χ0n) is 14.2. The number of hydrogen-bond acceptors (Lipinski definition) is 4. The van der Waals surface area contributed by atoms with Gasteiger partial charge >= 0.3 is 0 Å². The number of benzene rings is 1. The third-order valence-corrected chi connectivity index (χ3v) is 8.19. The molecule has 1 aromatic carbocycles. The summed E-state index contributed by atoms with van der Waals surface area (Å²) in [5.41, 5.74) is 2.16. The van der Waals surface area contributed by atoms with Crippen LogP contribution in [0.1, 0.15) is 31.7 Å². The topological polar surface area (TPSA) is 43.8 Å². The van der Waals surface area contributed by atoms with Crippen LogP contribution in [-0.2, 0) is 10.2 Å². The monoisotopic (exact) mass is 324 g/mol. The van der Waals surface area contributed by atoms with E-state index in [1.54, 1.807) is 0 Å². The van der Waals surface area contributed by atoms with Crippen molar-refractivity contribution in [2.45, 2.75) is 56.0 Å². The van der Waals surface area contributed by atoms with Gasteiger partial charge in [-0.3, -0.25) is 9.69 Å². The van der Waals surface area contributed by atoms with Crippen LogP contribution in [0.3, 0.4) is 0 Å². The van der Waals surface area contributed by atoms with Crippen LogP contribution in [0.2, 0.25) is 0 Å². The number of ketones is 1. The van der Waals surface area contributed by atoms with Gasteiger partial charge in [-0.1, -0.05) is 25.1 Å². The van der Waals surface area contributed by atoms with Gasteiger partial charge in [-0.25, -0.2) is 0 Å². The molecule has 0 amide bonds. The average Bonchev–Trinajstić information content (AvgIpc) is 2.97. The summed E-state index contributed by atoms with van der Waals surface area (Å²) in [6.45, 7) is 2.16. The molecule has 3 unspecified atom stereocenters. The Bertz CT molecular complexity index is 764. The Morgan fingerprint density at radius 3 is 2.88 bits per heavy atom. The normalized spacial score (nSPS) is 52.8. The van der Waals surface area contributed by atoms with Crippen molar-refractivity contribution < 1.29 is 9.90 Å². The van der Waals surface area contributed by atoms with E-state index in [1.165, 1.54) is 11.3 Å². The molecular weight excluding hydrogens is 300 g/mol. The number of nitrogens with zero attached hydrogens (tertiary/aromatic N) is 2. The molecule has 5 fully saturated rings. The summed E-state index contributed by atoms with van der Waals surface area (Å²) < 4.78 is 0. The zero-order chi connectivity index (χ0) is 16.4. The van der Waals surface area contributed by atoms with Crippen LogP contribution in [0.15, 0.2) is 24.3 Å². The summed E-state index contributed by atoms with van der Waals surface area (Å²) >= 11 is 0. The Morgan fingerprint density at radius 1 is 1.29 bits per heavy atom. The van der Waals surface area contributed by atoms with Crippen molar-refractivity contribution in [2.24, 2.45) is 17.8 Å². The molecule has 126 valence electrons. The van der Waals surface area contributed by atoms with Crippen molar-refractivity contribution >= 4 is 11.5 Å². The molecule has 1 aliphatic carbocycles. The standard InChI is InChI=1S/C20H24N2O2/c1-3-10-11-8-14-17-20(12-6-4-5-7-13(12)21(17)2)9-15(16(11)18(20)23)22(14)19(10)24/h4-7,10-11,14-17,19,24H,3,8-9H2,1-2H3/t10-,11?,14-,15-,16?,17-,19+,20+/m0/s1. The van der Waals surface area contributed by atoms with Crippen molar-refractivity contribution in [3.8, 4) is 0 Å². The van der Waals surface area contributed by atoms with Crippen LogP contribution in [0.4, 0.5) is 5.69 Å². The molecule has 0 aromatic heterocycles. The predicted octanol–water partition coefficient (Wildman–Crippen LogP) is 1.76. The van der Waals surface area contributed by atoms with E-state index in [0.717, 1.165) is 19.3 Å². The van der Waals surface area contributed by atoms with Gasteiger partial charge in [0.15, 0.2) is 5.78 Å². The summed E-state index contributed by atoms with van der Waals surface area (Å²) in [5.74, 6) is 1.26. The highest BCUT2D eigenvalue weighted by Gasteiger charge is 2.76. The minimum atomic E-state index is -0.360. The van der Waals surface area contributed by atoms with E-state index in [4.69, 9.17) is 0 Å².